The molecule has 0 bridgehead atoms. The third kappa shape index (κ3) is 2.85. The van der Waals surface area contributed by atoms with E-state index in [9.17, 15) is 4.39 Å². The van der Waals surface area contributed by atoms with Crippen LogP contribution in [0.1, 0.15) is 12.8 Å². The Morgan fingerprint density at radius 3 is 3.12 bits per heavy atom. The summed E-state index contributed by atoms with van der Waals surface area (Å²) < 4.78 is 18.4. The van der Waals surface area contributed by atoms with Gasteiger partial charge >= 0.3 is 0 Å². The molecule has 1 heterocycles. The van der Waals surface area contributed by atoms with E-state index >= 15 is 0 Å². The first-order valence-electron chi connectivity index (χ1n) is 5.62. The van der Waals surface area contributed by atoms with Gasteiger partial charge in [-0.1, -0.05) is 0 Å². The van der Waals surface area contributed by atoms with Gasteiger partial charge in [0, 0.05) is 13.2 Å². The van der Waals surface area contributed by atoms with Crippen LogP contribution in [0.3, 0.4) is 0 Å². The summed E-state index contributed by atoms with van der Waals surface area (Å²) in [5.74, 6) is 0.230. The van der Waals surface area contributed by atoms with Crippen molar-refractivity contribution in [3.05, 3.63) is 24.0 Å². The maximum Gasteiger partial charge on any atom is 0.125 e. The highest BCUT2D eigenvalue weighted by Crippen LogP contribution is 2.21. The summed E-state index contributed by atoms with van der Waals surface area (Å²) >= 11 is 0. The predicted molar refractivity (Wildman–Crippen MR) is 62.8 cm³/mol. The van der Waals surface area contributed by atoms with Crippen molar-refractivity contribution in [2.24, 2.45) is 5.92 Å². The first-order valence-corrected chi connectivity index (χ1v) is 5.62. The molecular weight excluding hydrogens is 207 g/mol. The average molecular weight is 224 g/mol. The molecule has 1 aromatic rings. The minimum atomic E-state index is -0.267. The van der Waals surface area contributed by atoms with Crippen molar-refractivity contribution in [2.75, 3.05) is 30.8 Å². The minimum Gasteiger partial charge on any atom is -0.397 e. The van der Waals surface area contributed by atoms with Gasteiger partial charge in [0.2, 0.25) is 0 Å². The highest BCUT2D eigenvalue weighted by atomic mass is 19.1. The quantitative estimate of drug-likeness (QED) is 0.774. The topological polar surface area (TPSA) is 47.3 Å². The molecule has 1 unspecified atom stereocenters. The van der Waals surface area contributed by atoms with Crippen LogP contribution in [0.5, 0.6) is 0 Å². The van der Waals surface area contributed by atoms with E-state index < -0.39 is 0 Å². The average Bonchev–Trinajstić information content (AvgIpc) is 2.32. The molecule has 0 saturated carbocycles. The van der Waals surface area contributed by atoms with Crippen molar-refractivity contribution in [1.29, 1.82) is 0 Å². The monoisotopic (exact) mass is 224 g/mol. The van der Waals surface area contributed by atoms with Crippen molar-refractivity contribution in [3.8, 4) is 0 Å². The zero-order chi connectivity index (χ0) is 11.4. The van der Waals surface area contributed by atoms with Gasteiger partial charge in [0.25, 0.3) is 0 Å². The largest absolute Gasteiger partial charge is 0.397 e. The van der Waals surface area contributed by atoms with Crippen molar-refractivity contribution in [1.82, 2.24) is 0 Å². The molecule has 0 spiro atoms. The van der Waals surface area contributed by atoms with Gasteiger partial charge in [0.05, 0.1) is 18.0 Å². The Balaban J connectivity index is 1.90. The summed E-state index contributed by atoms with van der Waals surface area (Å²) in [5.41, 5.74) is 7.00. The van der Waals surface area contributed by atoms with Crippen LogP contribution in [0.15, 0.2) is 18.2 Å². The zero-order valence-corrected chi connectivity index (χ0v) is 9.21. The fourth-order valence-electron chi connectivity index (χ4n) is 1.90. The van der Waals surface area contributed by atoms with Crippen LogP contribution >= 0.6 is 0 Å². The van der Waals surface area contributed by atoms with Gasteiger partial charge in [-0.3, -0.25) is 0 Å². The van der Waals surface area contributed by atoms with Crippen LogP contribution in [0.4, 0.5) is 15.8 Å². The number of hydrogen-bond donors (Lipinski definition) is 2. The van der Waals surface area contributed by atoms with E-state index in [2.05, 4.69) is 5.32 Å². The Bertz CT molecular complexity index is 351. The number of rotatable bonds is 3. The smallest absolute Gasteiger partial charge is 0.125 e. The number of halogens is 1. The third-order valence-corrected chi connectivity index (χ3v) is 2.85. The van der Waals surface area contributed by atoms with E-state index in [1.54, 1.807) is 6.07 Å². The van der Waals surface area contributed by atoms with Gasteiger partial charge in [-0.05, 0) is 37.0 Å². The van der Waals surface area contributed by atoms with Gasteiger partial charge in [-0.15, -0.1) is 0 Å². The molecule has 1 atom stereocenters. The molecule has 0 amide bonds. The van der Waals surface area contributed by atoms with Crippen molar-refractivity contribution < 1.29 is 9.13 Å². The number of nitrogens with two attached hydrogens (primary N) is 1. The number of benzene rings is 1. The lowest BCUT2D eigenvalue weighted by Crippen LogP contribution is -2.24. The van der Waals surface area contributed by atoms with Crippen molar-refractivity contribution in [3.63, 3.8) is 0 Å². The summed E-state index contributed by atoms with van der Waals surface area (Å²) in [6.07, 6.45) is 2.26. The number of anilines is 2. The normalized spacial score (nSPS) is 20.7. The molecule has 1 aromatic carbocycles. The molecule has 0 aromatic heterocycles. The SMILES string of the molecule is Nc1ccc(F)cc1NCC1CCCOC1. The Labute approximate surface area is 94.8 Å². The highest BCUT2D eigenvalue weighted by molar-refractivity contribution is 5.65. The molecule has 0 aliphatic carbocycles. The van der Waals surface area contributed by atoms with E-state index in [1.165, 1.54) is 12.1 Å². The van der Waals surface area contributed by atoms with Gasteiger partial charge in [0.1, 0.15) is 5.82 Å². The van der Waals surface area contributed by atoms with Crippen molar-refractivity contribution in [2.45, 2.75) is 12.8 Å². The summed E-state index contributed by atoms with van der Waals surface area (Å²) in [6.45, 7) is 2.43. The van der Waals surface area contributed by atoms with Crippen LogP contribution in [0, 0.1) is 11.7 Å². The Morgan fingerprint density at radius 1 is 1.50 bits per heavy atom. The Hall–Kier alpha value is -1.29. The number of nitrogen functional groups attached to an aromatic ring is 1. The van der Waals surface area contributed by atoms with E-state index in [1.807, 2.05) is 0 Å². The van der Waals surface area contributed by atoms with Crippen LogP contribution in [-0.4, -0.2) is 19.8 Å². The van der Waals surface area contributed by atoms with E-state index in [0.717, 1.165) is 32.6 Å². The fraction of sp³-hybridized carbons (Fsp3) is 0.500. The summed E-state index contributed by atoms with van der Waals surface area (Å²) in [6, 6.07) is 4.37. The van der Waals surface area contributed by atoms with E-state index in [4.69, 9.17) is 10.5 Å². The summed E-state index contributed by atoms with van der Waals surface area (Å²) in [7, 11) is 0. The summed E-state index contributed by atoms with van der Waals surface area (Å²) in [4.78, 5) is 0. The van der Waals surface area contributed by atoms with Crippen LogP contribution in [-0.2, 0) is 4.74 Å². The van der Waals surface area contributed by atoms with E-state index in [-0.39, 0.29) is 5.82 Å². The lowest BCUT2D eigenvalue weighted by molar-refractivity contribution is 0.0595. The molecule has 4 heteroatoms. The van der Waals surface area contributed by atoms with Crippen LogP contribution < -0.4 is 11.1 Å². The number of hydrogen-bond acceptors (Lipinski definition) is 3. The van der Waals surface area contributed by atoms with E-state index in [0.29, 0.717) is 17.3 Å². The maximum atomic E-state index is 13.0. The van der Waals surface area contributed by atoms with Gasteiger partial charge in [0.15, 0.2) is 0 Å². The maximum absolute atomic E-state index is 13.0. The lowest BCUT2D eigenvalue weighted by Gasteiger charge is -2.23. The molecule has 88 valence electrons. The number of ether oxygens (including phenoxy) is 1. The molecule has 1 aliphatic rings. The molecule has 2 rings (SSSR count). The standard InChI is InChI=1S/C12H17FN2O/c13-10-3-4-11(14)12(6-10)15-7-9-2-1-5-16-8-9/h3-4,6,9,15H,1-2,5,7-8,14H2. The second-order valence-corrected chi connectivity index (χ2v) is 4.20. The van der Waals surface area contributed by atoms with Gasteiger partial charge < -0.3 is 15.8 Å². The van der Waals surface area contributed by atoms with Crippen LogP contribution in [0.2, 0.25) is 0 Å². The first kappa shape index (κ1) is 11.2. The first-order chi connectivity index (χ1) is 7.75. The summed E-state index contributed by atoms with van der Waals surface area (Å²) in [5, 5.41) is 3.18. The predicted octanol–water partition coefficient (Wildman–Crippen LogP) is 2.25. The second-order valence-electron chi connectivity index (χ2n) is 4.20. The number of nitrogens with one attached hydrogen (secondary N) is 1. The van der Waals surface area contributed by atoms with Gasteiger partial charge in [-0.2, -0.15) is 0 Å². The fourth-order valence-corrected chi connectivity index (χ4v) is 1.90. The molecular formula is C12H17FN2O. The zero-order valence-electron chi connectivity index (χ0n) is 9.21. The molecule has 1 saturated heterocycles. The Kier molecular flexibility index (Phi) is 3.62. The van der Waals surface area contributed by atoms with Crippen LogP contribution in [0.25, 0.3) is 0 Å². The Morgan fingerprint density at radius 2 is 2.38 bits per heavy atom. The molecule has 1 fully saturated rings. The highest BCUT2D eigenvalue weighted by Gasteiger charge is 2.13. The van der Waals surface area contributed by atoms with Gasteiger partial charge in [-0.25, -0.2) is 4.39 Å². The molecule has 1 aliphatic heterocycles. The third-order valence-electron chi connectivity index (χ3n) is 2.85. The molecule has 3 nitrogen and oxygen atoms in total. The van der Waals surface area contributed by atoms with Crippen molar-refractivity contribution >= 4 is 11.4 Å². The molecule has 16 heavy (non-hydrogen) atoms. The minimum absolute atomic E-state index is 0.267. The molecule has 0 radical (unpaired) electrons. The molecule has 3 N–H and O–H groups in total. The lowest BCUT2D eigenvalue weighted by atomic mass is 10.0. The second kappa shape index (κ2) is 5.16.